The van der Waals surface area contributed by atoms with Crippen LogP contribution in [0.4, 0.5) is 25.0 Å². The molecule has 0 spiro atoms. The zero-order valence-corrected chi connectivity index (χ0v) is 24.9. The van der Waals surface area contributed by atoms with Crippen LogP contribution in [-0.2, 0) is 14.3 Å². The van der Waals surface area contributed by atoms with Gasteiger partial charge >= 0.3 is 6.09 Å². The highest BCUT2D eigenvalue weighted by Gasteiger charge is 2.45. The van der Waals surface area contributed by atoms with Gasteiger partial charge in [-0.1, -0.05) is 23.2 Å². The van der Waals surface area contributed by atoms with Gasteiger partial charge in [-0.3, -0.25) is 9.59 Å². The molecule has 3 N–H and O–H groups in total. The number of alkyl halides is 2. The molecule has 2 aliphatic rings. The van der Waals surface area contributed by atoms with Gasteiger partial charge in [0, 0.05) is 34.5 Å². The van der Waals surface area contributed by atoms with Gasteiger partial charge in [0.1, 0.15) is 5.60 Å². The molecule has 0 saturated carbocycles. The Balaban J connectivity index is 0.000000239. The smallest absolute Gasteiger partial charge is 0.410 e. The van der Waals surface area contributed by atoms with E-state index in [9.17, 15) is 18.8 Å². The molecule has 2 aliphatic heterocycles. The number of likely N-dealkylation sites (tertiary alicyclic amines) is 1. The van der Waals surface area contributed by atoms with E-state index in [1.807, 2.05) is 0 Å². The average Bonchev–Trinajstić information content (AvgIpc) is 2.91. The SMILES string of the molecule is CC(C)(C)OC(=O)N1CCCC(F)(C(=O)Nc2ccc(Cl)cc2)C1.O=C(Nc1ccc(Cl)cc1)C1(F)CCCNC1. The van der Waals surface area contributed by atoms with E-state index in [-0.39, 0.29) is 25.9 Å². The van der Waals surface area contributed by atoms with Gasteiger partial charge in [0.25, 0.3) is 11.8 Å². The Bertz CT molecular complexity index is 1200. The van der Waals surface area contributed by atoms with E-state index in [1.165, 1.54) is 4.90 Å². The average molecular weight is 614 g/mol. The highest BCUT2D eigenvalue weighted by atomic mass is 35.5. The lowest BCUT2D eigenvalue weighted by molar-refractivity contribution is -0.130. The number of nitrogens with zero attached hydrogens (tertiary/aromatic N) is 1. The second kappa shape index (κ2) is 13.8. The maximum Gasteiger partial charge on any atom is 0.410 e. The molecule has 3 amide bonds. The number of hydrogen-bond acceptors (Lipinski definition) is 5. The first kappa shape index (κ1) is 32.6. The number of hydrogen-bond donors (Lipinski definition) is 3. The van der Waals surface area contributed by atoms with Crippen LogP contribution in [0.5, 0.6) is 0 Å². The van der Waals surface area contributed by atoms with Crippen LogP contribution in [0.25, 0.3) is 0 Å². The van der Waals surface area contributed by atoms with Gasteiger partial charge in [-0.25, -0.2) is 13.6 Å². The van der Waals surface area contributed by atoms with Crippen LogP contribution in [0, 0.1) is 0 Å². The van der Waals surface area contributed by atoms with Crippen LogP contribution in [0.2, 0.25) is 10.0 Å². The van der Waals surface area contributed by atoms with Crippen molar-refractivity contribution in [1.29, 1.82) is 0 Å². The van der Waals surface area contributed by atoms with Crippen LogP contribution < -0.4 is 16.0 Å². The van der Waals surface area contributed by atoms with Crippen molar-refractivity contribution in [3.63, 3.8) is 0 Å². The predicted molar refractivity (Wildman–Crippen MR) is 157 cm³/mol. The number of piperidine rings is 2. The summed E-state index contributed by atoms with van der Waals surface area (Å²) in [5.41, 5.74) is -3.61. The van der Waals surface area contributed by atoms with E-state index < -0.39 is 34.8 Å². The molecule has 0 aromatic heterocycles. The fourth-order valence-electron chi connectivity index (χ4n) is 4.29. The monoisotopic (exact) mass is 612 g/mol. The Labute approximate surface area is 249 Å². The molecule has 0 bridgehead atoms. The normalized spacial score (nSPS) is 22.6. The van der Waals surface area contributed by atoms with Gasteiger partial charge in [-0.15, -0.1) is 0 Å². The Morgan fingerprint density at radius 2 is 1.34 bits per heavy atom. The van der Waals surface area contributed by atoms with Crippen LogP contribution in [0.15, 0.2) is 48.5 Å². The molecule has 2 aromatic carbocycles. The van der Waals surface area contributed by atoms with Gasteiger partial charge in [0.15, 0.2) is 0 Å². The Kier molecular flexibility index (Phi) is 11.0. The standard InChI is InChI=1S/C17H22ClFN2O3.C12H14ClFN2O/c1-16(2,3)24-15(23)21-10-4-9-17(19,11-21)14(22)20-13-7-5-12(18)6-8-13;13-9-2-4-10(5-3-9)16-11(17)12(14)6-1-7-15-8-12/h5-8H,4,9-11H2,1-3H3,(H,20,22);2-5,15H,1,6-8H2,(H,16,17). The van der Waals surface area contributed by atoms with E-state index in [1.54, 1.807) is 69.3 Å². The molecule has 2 aromatic rings. The van der Waals surface area contributed by atoms with E-state index in [4.69, 9.17) is 27.9 Å². The van der Waals surface area contributed by atoms with E-state index in [2.05, 4.69) is 16.0 Å². The lowest BCUT2D eigenvalue weighted by Gasteiger charge is -2.37. The Hall–Kier alpha value is -2.95. The number of carbonyl (C=O) groups excluding carboxylic acids is 3. The fraction of sp³-hybridized carbons (Fsp3) is 0.483. The summed E-state index contributed by atoms with van der Waals surface area (Å²) in [5, 5.41) is 9.10. The molecule has 41 heavy (non-hydrogen) atoms. The quantitative estimate of drug-likeness (QED) is 0.371. The maximum absolute atomic E-state index is 15.1. The third kappa shape index (κ3) is 9.83. The van der Waals surface area contributed by atoms with Crippen molar-refractivity contribution < 1.29 is 27.9 Å². The van der Waals surface area contributed by atoms with Crippen molar-refractivity contribution >= 4 is 52.5 Å². The molecule has 4 rings (SSSR count). The van der Waals surface area contributed by atoms with Crippen molar-refractivity contribution in [2.45, 2.75) is 63.4 Å². The number of nitrogens with one attached hydrogen (secondary N) is 3. The van der Waals surface area contributed by atoms with Crippen molar-refractivity contribution in [2.24, 2.45) is 0 Å². The maximum atomic E-state index is 15.1. The molecule has 12 heteroatoms. The van der Waals surface area contributed by atoms with Gasteiger partial charge < -0.3 is 25.6 Å². The summed E-state index contributed by atoms with van der Waals surface area (Å²) in [4.78, 5) is 37.5. The van der Waals surface area contributed by atoms with Crippen LogP contribution in [0.3, 0.4) is 0 Å². The molecule has 0 aliphatic carbocycles. The minimum Gasteiger partial charge on any atom is -0.444 e. The molecule has 2 saturated heterocycles. The van der Waals surface area contributed by atoms with Crippen molar-refractivity contribution in [2.75, 3.05) is 36.8 Å². The zero-order valence-electron chi connectivity index (χ0n) is 23.4. The molecule has 0 radical (unpaired) electrons. The molecule has 224 valence electrons. The highest BCUT2D eigenvalue weighted by molar-refractivity contribution is 6.31. The molecular weight excluding hydrogens is 577 g/mol. The lowest BCUT2D eigenvalue weighted by atomic mass is 9.94. The highest BCUT2D eigenvalue weighted by Crippen LogP contribution is 2.29. The van der Waals surface area contributed by atoms with E-state index in [0.29, 0.717) is 40.8 Å². The van der Waals surface area contributed by atoms with Gasteiger partial charge in [0.2, 0.25) is 11.3 Å². The van der Waals surface area contributed by atoms with Crippen LogP contribution in [0.1, 0.15) is 46.5 Å². The summed E-state index contributed by atoms with van der Waals surface area (Å²) in [6.07, 6.45) is 0.781. The van der Waals surface area contributed by atoms with Crippen LogP contribution >= 0.6 is 23.2 Å². The first-order valence-electron chi connectivity index (χ1n) is 13.4. The summed E-state index contributed by atoms with van der Waals surface area (Å²) >= 11 is 11.5. The molecule has 2 atom stereocenters. The summed E-state index contributed by atoms with van der Waals surface area (Å²) in [5.74, 6) is -1.36. The van der Waals surface area contributed by atoms with E-state index in [0.717, 1.165) is 6.54 Å². The van der Waals surface area contributed by atoms with E-state index >= 15 is 4.39 Å². The van der Waals surface area contributed by atoms with Crippen molar-refractivity contribution in [3.8, 4) is 0 Å². The Morgan fingerprint density at radius 3 is 1.80 bits per heavy atom. The number of benzene rings is 2. The number of rotatable bonds is 4. The molecule has 2 fully saturated rings. The summed E-state index contributed by atoms with van der Waals surface area (Å²) in [6.45, 7) is 6.11. The number of anilines is 2. The lowest BCUT2D eigenvalue weighted by Crippen LogP contribution is -2.54. The topological polar surface area (TPSA) is 99.8 Å². The second-order valence-corrected chi connectivity index (χ2v) is 12.0. The second-order valence-electron chi connectivity index (χ2n) is 11.1. The molecule has 8 nitrogen and oxygen atoms in total. The number of halogens is 4. The first-order chi connectivity index (χ1) is 19.2. The number of ether oxygens (including phenoxy) is 1. The zero-order chi connectivity index (χ0) is 30.3. The summed E-state index contributed by atoms with van der Waals surface area (Å²) < 4.78 is 34.6. The fourth-order valence-corrected chi connectivity index (χ4v) is 4.55. The molecule has 2 unspecified atom stereocenters. The third-order valence-electron chi connectivity index (χ3n) is 6.44. The number of amides is 3. The minimum atomic E-state index is -2.14. The van der Waals surface area contributed by atoms with Gasteiger partial charge in [0.05, 0.1) is 6.54 Å². The first-order valence-corrected chi connectivity index (χ1v) is 14.2. The van der Waals surface area contributed by atoms with Gasteiger partial charge in [-0.05, 0) is 102 Å². The Morgan fingerprint density at radius 1 is 0.854 bits per heavy atom. The molecular formula is C29H36Cl2F2N4O4. The minimum absolute atomic E-state index is 0.0612. The summed E-state index contributed by atoms with van der Waals surface area (Å²) in [6, 6.07) is 13.0. The van der Waals surface area contributed by atoms with Crippen LogP contribution in [-0.4, -0.2) is 65.9 Å². The van der Waals surface area contributed by atoms with Crippen molar-refractivity contribution in [3.05, 3.63) is 58.6 Å². The number of carbonyl (C=O) groups is 3. The van der Waals surface area contributed by atoms with Gasteiger partial charge in [-0.2, -0.15) is 0 Å². The predicted octanol–water partition coefficient (Wildman–Crippen LogP) is 6.39. The molecule has 2 heterocycles. The summed E-state index contributed by atoms with van der Waals surface area (Å²) in [7, 11) is 0. The largest absolute Gasteiger partial charge is 0.444 e. The van der Waals surface area contributed by atoms with Crippen molar-refractivity contribution in [1.82, 2.24) is 10.2 Å². The third-order valence-corrected chi connectivity index (χ3v) is 6.95.